The molecule has 0 spiro atoms. The first kappa shape index (κ1) is 25.7. The molecule has 0 atom stereocenters. The number of anilines is 3. The van der Waals surface area contributed by atoms with E-state index < -0.39 is 0 Å². The number of hydrogen-bond donors (Lipinski definition) is 1. The van der Waals surface area contributed by atoms with E-state index in [2.05, 4.69) is 56.1 Å². The van der Waals surface area contributed by atoms with Crippen LogP contribution in [0.5, 0.6) is 0 Å². The molecular formula is C29H30ClN7O. The lowest BCUT2D eigenvalue weighted by Crippen LogP contribution is -2.44. The van der Waals surface area contributed by atoms with Gasteiger partial charge in [-0.3, -0.25) is 14.3 Å². The molecule has 5 rings (SSSR count). The molecule has 1 aliphatic rings. The lowest BCUT2D eigenvalue weighted by molar-refractivity contribution is 0.313. The van der Waals surface area contributed by atoms with Crippen LogP contribution in [0.2, 0.25) is 5.02 Å². The molecule has 194 valence electrons. The van der Waals surface area contributed by atoms with Crippen molar-refractivity contribution in [3.05, 3.63) is 81.5 Å². The summed E-state index contributed by atoms with van der Waals surface area (Å²) >= 11 is 6.38. The zero-order valence-corrected chi connectivity index (χ0v) is 22.5. The minimum absolute atomic E-state index is 0.134. The van der Waals surface area contributed by atoms with E-state index in [9.17, 15) is 4.79 Å². The summed E-state index contributed by atoms with van der Waals surface area (Å²) in [6, 6.07) is 13.5. The Morgan fingerprint density at radius 3 is 2.55 bits per heavy atom. The van der Waals surface area contributed by atoms with Crippen molar-refractivity contribution in [3.63, 3.8) is 0 Å². The molecule has 4 heterocycles. The third kappa shape index (κ3) is 5.80. The second-order valence-corrected chi connectivity index (χ2v) is 10.1. The predicted molar refractivity (Wildman–Crippen MR) is 153 cm³/mol. The fourth-order valence-electron chi connectivity index (χ4n) is 4.31. The Morgan fingerprint density at radius 2 is 1.84 bits per heavy atom. The highest BCUT2D eigenvalue weighted by atomic mass is 35.5. The maximum Gasteiger partial charge on any atom is 0.268 e. The number of benzene rings is 1. The summed E-state index contributed by atoms with van der Waals surface area (Å²) in [6.07, 6.45) is 3.37. The van der Waals surface area contributed by atoms with Gasteiger partial charge in [0.1, 0.15) is 5.65 Å². The normalized spacial score (nSPS) is 14.0. The van der Waals surface area contributed by atoms with Crippen molar-refractivity contribution in [2.45, 2.75) is 20.4 Å². The summed E-state index contributed by atoms with van der Waals surface area (Å²) in [5.74, 6) is 6.63. The molecule has 1 aromatic carbocycles. The van der Waals surface area contributed by atoms with Gasteiger partial charge >= 0.3 is 0 Å². The van der Waals surface area contributed by atoms with Gasteiger partial charge < -0.3 is 15.1 Å². The molecule has 0 bridgehead atoms. The van der Waals surface area contributed by atoms with E-state index in [-0.39, 0.29) is 18.0 Å². The third-order valence-corrected chi connectivity index (χ3v) is 6.80. The van der Waals surface area contributed by atoms with Crippen LogP contribution < -0.4 is 15.8 Å². The van der Waals surface area contributed by atoms with Crippen molar-refractivity contribution in [1.29, 1.82) is 0 Å². The van der Waals surface area contributed by atoms with Gasteiger partial charge in [-0.15, -0.1) is 0 Å². The quantitative estimate of drug-likeness (QED) is 0.385. The molecule has 0 radical (unpaired) electrons. The second kappa shape index (κ2) is 11.2. The van der Waals surface area contributed by atoms with Gasteiger partial charge in [-0.2, -0.15) is 4.98 Å². The molecule has 0 unspecified atom stereocenters. The fraction of sp³-hybridized carbons (Fsp3) is 0.310. The molecule has 4 aromatic rings. The van der Waals surface area contributed by atoms with Gasteiger partial charge in [0.15, 0.2) is 0 Å². The van der Waals surface area contributed by atoms with Crippen LogP contribution in [-0.2, 0) is 6.54 Å². The molecule has 38 heavy (non-hydrogen) atoms. The maximum atomic E-state index is 13.5. The van der Waals surface area contributed by atoms with Crippen LogP contribution in [-0.4, -0.2) is 57.6 Å². The Hall–Kier alpha value is -3.93. The largest absolute Gasteiger partial charge is 0.369 e. The van der Waals surface area contributed by atoms with Crippen LogP contribution in [0.1, 0.15) is 25.1 Å². The Bertz CT molecular complexity index is 1560. The zero-order valence-electron chi connectivity index (χ0n) is 21.8. The molecule has 1 N–H and O–H groups in total. The molecule has 9 heteroatoms. The minimum Gasteiger partial charge on any atom is -0.369 e. The first-order valence-electron chi connectivity index (χ1n) is 12.7. The molecule has 0 amide bonds. The van der Waals surface area contributed by atoms with Gasteiger partial charge in [0.25, 0.3) is 5.56 Å². The first-order valence-corrected chi connectivity index (χ1v) is 13.1. The van der Waals surface area contributed by atoms with Gasteiger partial charge in [0, 0.05) is 61.3 Å². The summed E-state index contributed by atoms with van der Waals surface area (Å²) in [7, 11) is 2.15. The smallest absolute Gasteiger partial charge is 0.268 e. The van der Waals surface area contributed by atoms with Crippen LogP contribution in [0.3, 0.4) is 0 Å². The van der Waals surface area contributed by atoms with Crippen molar-refractivity contribution in [2.75, 3.05) is 43.4 Å². The van der Waals surface area contributed by atoms with Crippen molar-refractivity contribution < 1.29 is 0 Å². The Balaban J connectivity index is 1.48. The molecule has 1 fully saturated rings. The number of halogens is 1. The van der Waals surface area contributed by atoms with E-state index in [4.69, 9.17) is 16.6 Å². The van der Waals surface area contributed by atoms with Gasteiger partial charge in [-0.25, -0.2) is 4.98 Å². The molecule has 0 saturated carbocycles. The van der Waals surface area contributed by atoms with E-state index in [1.54, 1.807) is 35.2 Å². The average Bonchev–Trinajstić information content (AvgIpc) is 2.91. The highest BCUT2D eigenvalue weighted by molar-refractivity contribution is 6.31. The number of piperazine rings is 1. The van der Waals surface area contributed by atoms with Crippen LogP contribution in [0.25, 0.3) is 11.0 Å². The lowest BCUT2D eigenvalue weighted by Gasteiger charge is -2.34. The summed E-state index contributed by atoms with van der Waals surface area (Å²) in [5, 5.41) is 4.47. The van der Waals surface area contributed by atoms with Crippen LogP contribution >= 0.6 is 11.6 Å². The van der Waals surface area contributed by atoms with Gasteiger partial charge in [-0.1, -0.05) is 37.3 Å². The second-order valence-electron chi connectivity index (χ2n) is 9.74. The number of nitrogens with zero attached hydrogens (tertiary/aromatic N) is 6. The van der Waals surface area contributed by atoms with E-state index in [0.717, 1.165) is 31.9 Å². The number of pyridine rings is 2. The zero-order chi connectivity index (χ0) is 26.6. The predicted octanol–water partition coefficient (Wildman–Crippen LogP) is 4.39. The van der Waals surface area contributed by atoms with Crippen molar-refractivity contribution in [1.82, 2.24) is 24.4 Å². The van der Waals surface area contributed by atoms with E-state index in [0.29, 0.717) is 33.3 Å². The number of fused-ring (bicyclic) bond motifs is 1. The third-order valence-electron chi connectivity index (χ3n) is 6.46. The molecule has 1 aliphatic heterocycles. The van der Waals surface area contributed by atoms with Crippen molar-refractivity contribution in [2.24, 2.45) is 5.92 Å². The van der Waals surface area contributed by atoms with E-state index in [1.807, 2.05) is 26.0 Å². The standard InChI is InChI=1S/C29H30ClN7O/c1-20(2)6-7-21-17-22-18-32-29(33-23-8-10-24(11-9-23)36-15-13-35(3)14-16-36)34-27(22)37(28(21)38)19-26-25(30)5-4-12-31-26/h4-5,8-12,17-18,20H,13-16,19H2,1-3H3,(H,32,33,34). The first-order chi connectivity index (χ1) is 18.4. The number of rotatable bonds is 5. The lowest BCUT2D eigenvalue weighted by atomic mass is 10.1. The van der Waals surface area contributed by atoms with Gasteiger partial charge in [0.2, 0.25) is 5.95 Å². The number of aromatic nitrogens is 4. The van der Waals surface area contributed by atoms with Crippen LogP contribution in [0, 0.1) is 17.8 Å². The molecule has 0 aliphatic carbocycles. The van der Waals surface area contributed by atoms with Gasteiger partial charge in [-0.05, 0) is 49.5 Å². The van der Waals surface area contributed by atoms with Crippen LogP contribution in [0.15, 0.2) is 59.7 Å². The summed E-state index contributed by atoms with van der Waals surface area (Å²) < 4.78 is 1.57. The summed E-state index contributed by atoms with van der Waals surface area (Å²) in [5.41, 5.74) is 3.27. The summed E-state index contributed by atoms with van der Waals surface area (Å²) in [6.45, 7) is 8.28. The highest BCUT2D eigenvalue weighted by Crippen LogP contribution is 2.22. The van der Waals surface area contributed by atoms with Gasteiger partial charge in [0.05, 0.1) is 22.8 Å². The number of nitrogens with one attached hydrogen (secondary N) is 1. The maximum absolute atomic E-state index is 13.5. The summed E-state index contributed by atoms with van der Waals surface area (Å²) in [4.78, 5) is 31.8. The molecular weight excluding hydrogens is 498 g/mol. The van der Waals surface area contributed by atoms with E-state index in [1.165, 1.54) is 5.69 Å². The average molecular weight is 528 g/mol. The van der Waals surface area contributed by atoms with Crippen molar-refractivity contribution in [3.8, 4) is 11.8 Å². The SMILES string of the molecule is CC(C)C#Cc1cc2cnc(Nc3ccc(N4CCN(C)CC4)cc3)nc2n(Cc2ncccc2Cl)c1=O. The Morgan fingerprint density at radius 1 is 1.08 bits per heavy atom. The topological polar surface area (TPSA) is 79.2 Å². The number of hydrogen-bond acceptors (Lipinski definition) is 7. The molecule has 8 nitrogen and oxygen atoms in total. The molecule has 3 aromatic heterocycles. The highest BCUT2D eigenvalue weighted by Gasteiger charge is 2.16. The number of likely N-dealkylation sites (N-methyl/N-ethyl adjacent to an activating group) is 1. The van der Waals surface area contributed by atoms with Crippen molar-refractivity contribution >= 4 is 40.0 Å². The minimum atomic E-state index is -0.242. The monoisotopic (exact) mass is 527 g/mol. The fourth-order valence-corrected chi connectivity index (χ4v) is 4.49. The Labute approximate surface area is 227 Å². The molecule has 1 saturated heterocycles. The Kier molecular flexibility index (Phi) is 7.59. The van der Waals surface area contributed by atoms with E-state index >= 15 is 0 Å². The van der Waals surface area contributed by atoms with Crippen LogP contribution in [0.4, 0.5) is 17.3 Å².